The molecule has 284 valence electrons. The normalized spacial score (nSPS) is 16.6. The van der Waals surface area contributed by atoms with Crippen LogP contribution < -0.4 is 21.7 Å². The van der Waals surface area contributed by atoms with Crippen molar-refractivity contribution >= 4 is 46.5 Å². The average Bonchev–Trinajstić information content (AvgIpc) is 3.20. The van der Waals surface area contributed by atoms with E-state index in [0.29, 0.717) is 36.5 Å². The van der Waals surface area contributed by atoms with E-state index in [1.807, 2.05) is 97.1 Å². The van der Waals surface area contributed by atoms with Gasteiger partial charge in [0, 0.05) is 54.6 Å². The number of hydrogen-bond donors (Lipinski definition) is 5. The minimum atomic E-state index is -0.597. The van der Waals surface area contributed by atoms with Crippen LogP contribution in [-0.4, -0.2) is 34.7 Å². The number of nitrogens with one attached hydrogen (secondary N) is 3. The van der Waals surface area contributed by atoms with Gasteiger partial charge in [-0.3, -0.25) is 14.4 Å². The molecular weight excluding hydrogens is 713 g/mol. The zero-order chi connectivity index (χ0) is 38.6. The van der Waals surface area contributed by atoms with Gasteiger partial charge in [0.2, 0.25) is 17.7 Å². The summed E-state index contributed by atoms with van der Waals surface area (Å²) in [4.78, 5) is 37.6. The lowest BCUT2D eigenvalue weighted by Crippen LogP contribution is -2.31. The van der Waals surface area contributed by atoms with Crippen LogP contribution in [0.3, 0.4) is 0 Å². The minimum absolute atomic E-state index is 0.0222. The number of nitrogen functional groups attached to an aromatic ring is 1. The number of carbonyl (C=O) groups is 3. The van der Waals surface area contributed by atoms with Crippen LogP contribution in [0.2, 0.25) is 0 Å². The molecule has 10 nitrogen and oxygen atoms in total. The number of aliphatic hydroxyl groups excluding tert-OH is 1. The van der Waals surface area contributed by atoms with Gasteiger partial charge in [0.05, 0.1) is 30.2 Å². The van der Waals surface area contributed by atoms with Crippen molar-refractivity contribution in [1.29, 1.82) is 0 Å². The molecule has 0 spiro atoms. The molecule has 1 saturated heterocycles. The summed E-state index contributed by atoms with van der Waals surface area (Å²) < 4.78 is 13.1. The van der Waals surface area contributed by atoms with Gasteiger partial charge in [-0.2, -0.15) is 0 Å². The number of anilines is 3. The number of para-hydroxylation sites is 2. The average molecular weight is 759 g/mol. The highest BCUT2D eigenvalue weighted by molar-refractivity contribution is 7.99. The number of nitrogens with two attached hydrogens (primary N) is 1. The highest BCUT2D eigenvalue weighted by Crippen LogP contribution is 2.40. The van der Waals surface area contributed by atoms with Crippen LogP contribution in [0.4, 0.5) is 17.1 Å². The van der Waals surface area contributed by atoms with Crippen molar-refractivity contribution in [2.75, 3.05) is 22.1 Å². The third-order valence-corrected chi connectivity index (χ3v) is 10.4. The van der Waals surface area contributed by atoms with Crippen LogP contribution in [-0.2, 0) is 37.0 Å². The molecule has 3 amide bonds. The molecule has 0 bridgehead atoms. The Morgan fingerprint density at radius 1 is 0.782 bits per heavy atom. The molecule has 3 unspecified atom stereocenters. The van der Waals surface area contributed by atoms with Gasteiger partial charge in [-0.05, 0) is 70.6 Å². The van der Waals surface area contributed by atoms with E-state index in [4.69, 9.17) is 15.2 Å². The Kier molecular flexibility index (Phi) is 13.7. The summed E-state index contributed by atoms with van der Waals surface area (Å²) in [6, 6.07) is 38.8. The van der Waals surface area contributed by atoms with Crippen LogP contribution >= 0.6 is 11.8 Å². The van der Waals surface area contributed by atoms with Crippen LogP contribution in [0.1, 0.15) is 67.3 Å². The third kappa shape index (κ3) is 11.3. The zero-order valence-corrected chi connectivity index (χ0v) is 31.5. The summed E-state index contributed by atoms with van der Waals surface area (Å²) in [5.74, 6) is 0.289. The Labute approximate surface area is 325 Å². The quantitative estimate of drug-likeness (QED) is 0.0530. The van der Waals surface area contributed by atoms with Crippen molar-refractivity contribution in [2.24, 2.45) is 0 Å². The van der Waals surface area contributed by atoms with Gasteiger partial charge in [-0.1, -0.05) is 84.9 Å². The number of rotatable bonds is 15. The summed E-state index contributed by atoms with van der Waals surface area (Å²) in [5.41, 5.74) is 13.4. The first kappa shape index (κ1) is 39.2. The predicted octanol–water partition coefficient (Wildman–Crippen LogP) is 8.15. The molecule has 1 fully saturated rings. The van der Waals surface area contributed by atoms with Crippen LogP contribution in [0, 0.1) is 0 Å². The summed E-state index contributed by atoms with van der Waals surface area (Å²) >= 11 is 1.69. The minimum Gasteiger partial charge on any atom is -0.397 e. The first-order chi connectivity index (χ1) is 26.7. The molecule has 11 heteroatoms. The highest BCUT2D eigenvalue weighted by atomic mass is 32.2. The van der Waals surface area contributed by atoms with E-state index in [2.05, 4.69) is 16.0 Å². The van der Waals surface area contributed by atoms with E-state index >= 15 is 0 Å². The van der Waals surface area contributed by atoms with E-state index in [0.717, 1.165) is 44.0 Å². The van der Waals surface area contributed by atoms with Gasteiger partial charge in [-0.25, -0.2) is 0 Å². The molecule has 3 atom stereocenters. The lowest BCUT2D eigenvalue weighted by molar-refractivity contribution is -0.245. The molecule has 1 heterocycles. The molecule has 1 aliphatic heterocycles. The topological polar surface area (TPSA) is 152 Å². The second-order valence-electron chi connectivity index (χ2n) is 13.4. The largest absolute Gasteiger partial charge is 0.397 e. The molecule has 0 aromatic heterocycles. The summed E-state index contributed by atoms with van der Waals surface area (Å²) in [7, 11) is 0. The summed E-state index contributed by atoms with van der Waals surface area (Å²) in [6.07, 6.45) is 0.610. The predicted molar refractivity (Wildman–Crippen MR) is 217 cm³/mol. The van der Waals surface area contributed by atoms with Gasteiger partial charge in [0.25, 0.3) is 0 Å². The van der Waals surface area contributed by atoms with Crippen molar-refractivity contribution in [3.05, 3.63) is 144 Å². The monoisotopic (exact) mass is 758 g/mol. The van der Waals surface area contributed by atoms with Gasteiger partial charge in [-0.15, -0.1) is 11.8 Å². The Balaban J connectivity index is 1.07. The van der Waals surface area contributed by atoms with Gasteiger partial charge in [0.1, 0.15) is 0 Å². The maximum atomic E-state index is 12.7. The summed E-state index contributed by atoms with van der Waals surface area (Å²) in [5, 5.41) is 18.2. The van der Waals surface area contributed by atoms with Crippen molar-refractivity contribution in [3.63, 3.8) is 0 Å². The fourth-order valence-electron chi connectivity index (χ4n) is 6.34. The second-order valence-corrected chi connectivity index (χ2v) is 14.5. The Bertz CT molecular complexity index is 2060. The van der Waals surface area contributed by atoms with Crippen LogP contribution in [0.15, 0.2) is 126 Å². The number of aliphatic hydroxyl groups is 1. The third-order valence-electron chi connectivity index (χ3n) is 9.26. The van der Waals surface area contributed by atoms with E-state index in [1.54, 1.807) is 36.0 Å². The Morgan fingerprint density at radius 2 is 1.47 bits per heavy atom. The van der Waals surface area contributed by atoms with Crippen molar-refractivity contribution in [3.8, 4) is 11.1 Å². The first-order valence-corrected chi connectivity index (χ1v) is 19.3. The molecule has 1 aliphatic rings. The lowest BCUT2D eigenvalue weighted by Gasteiger charge is -2.36. The van der Waals surface area contributed by atoms with Crippen molar-refractivity contribution < 1.29 is 29.0 Å². The Hall–Kier alpha value is -5.46. The number of benzene rings is 5. The van der Waals surface area contributed by atoms with Crippen molar-refractivity contribution in [2.45, 2.75) is 69.2 Å². The van der Waals surface area contributed by atoms with Crippen LogP contribution in [0.25, 0.3) is 11.1 Å². The molecule has 55 heavy (non-hydrogen) atoms. The maximum Gasteiger partial charge on any atom is 0.224 e. The zero-order valence-electron chi connectivity index (χ0n) is 30.7. The van der Waals surface area contributed by atoms with Crippen LogP contribution in [0.5, 0.6) is 0 Å². The number of ether oxygens (including phenoxy) is 2. The van der Waals surface area contributed by atoms with E-state index in [1.165, 1.54) is 6.92 Å². The Morgan fingerprint density at radius 3 is 2.20 bits per heavy atom. The van der Waals surface area contributed by atoms with Gasteiger partial charge in [0.15, 0.2) is 6.29 Å². The van der Waals surface area contributed by atoms with Gasteiger partial charge < -0.3 is 36.3 Å². The smallest absolute Gasteiger partial charge is 0.224 e. The SMILES string of the molecule is CC(=O)Nc1ccc(SCC2CC(c3ccc(CO)cc3)OC(c3ccc(-c4ccccc4CNC(=O)CCCC(=O)Nc4ccccc4N)cc3)O2)cc1. The summed E-state index contributed by atoms with van der Waals surface area (Å²) in [6.45, 7) is 1.82. The molecular formula is C44H46N4O6S. The van der Waals surface area contributed by atoms with E-state index < -0.39 is 6.29 Å². The molecule has 5 aromatic rings. The molecule has 0 aliphatic carbocycles. The highest BCUT2D eigenvalue weighted by Gasteiger charge is 2.32. The fourth-order valence-corrected chi connectivity index (χ4v) is 7.26. The molecule has 6 N–H and O–H groups in total. The molecule has 0 radical (unpaired) electrons. The first-order valence-electron chi connectivity index (χ1n) is 18.3. The van der Waals surface area contributed by atoms with Gasteiger partial charge >= 0.3 is 0 Å². The lowest BCUT2D eigenvalue weighted by atomic mass is 9.97. The fraction of sp³-hybridized carbons (Fsp3) is 0.250. The number of hydrogen-bond acceptors (Lipinski definition) is 8. The number of amides is 3. The molecule has 5 aromatic carbocycles. The number of thioether (sulfide) groups is 1. The second kappa shape index (κ2) is 19.2. The maximum absolute atomic E-state index is 12.7. The molecule has 6 rings (SSSR count). The number of carbonyl (C=O) groups excluding carboxylic acids is 3. The van der Waals surface area contributed by atoms with Crippen molar-refractivity contribution in [1.82, 2.24) is 5.32 Å². The standard InChI is InChI=1S/C44H46N4O6S/c1-29(50)47-35-21-23-37(24-22-35)55-28-36-25-41(32-15-13-30(27-49)14-16-32)54-44(53-36)33-19-17-31(18-20-33)38-8-3-2-7-34(38)26-46-42(51)11-6-12-43(52)48-40-10-5-4-9-39(40)45/h2-5,7-10,13-24,36,41,44,49H,6,11-12,25-28,45H2,1H3,(H,46,51)(H,47,50)(H,48,52). The van der Waals surface area contributed by atoms with E-state index in [-0.39, 0.29) is 49.4 Å². The van der Waals surface area contributed by atoms with E-state index in [9.17, 15) is 19.5 Å². The molecule has 0 saturated carbocycles.